The Morgan fingerprint density at radius 2 is 1.70 bits per heavy atom. The number of ether oxygens (including phenoxy) is 1. The van der Waals surface area contributed by atoms with Gasteiger partial charge in [-0.05, 0) is 35.7 Å². The van der Waals surface area contributed by atoms with Crippen LogP contribution in [0.4, 0.5) is 18.9 Å². The van der Waals surface area contributed by atoms with Crippen molar-refractivity contribution in [2.75, 3.05) is 25.0 Å². The molecule has 3 saturated heterocycles. The number of nitrogens with zero attached hydrogens (tertiary/aromatic N) is 3. The Labute approximate surface area is 249 Å². The van der Waals surface area contributed by atoms with E-state index in [0.717, 1.165) is 53.1 Å². The number of hydrogen-bond donors (Lipinski definition) is 1. The first kappa shape index (κ1) is 30.2. The minimum Gasteiger partial charge on any atom is -0.542 e. The third-order valence-corrected chi connectivity index (χ3v) is 8.59. The highest BCUT2D eigenvalue weighted by Gasteiger charge is 2.48. The highest BCUT2D eigenvalue weighted by Crippen LogP contribution is 2.38. The minimum absolute atomic E-state index is 0.111. The molecule has 1 unspecified atom stereocenters. The number of carboxylic acids is 1. The Morgan fingerprint density at radius 3 is 2.30 bits per heavy atom. The molecule has 43 heavy (non-hydrogen) atoms. The van der Waals surface area contributed by atoms with E-state index in [-0.39, 0.29) is 12.1 Å². The van der Waals surface area contributed by atoms with Gasteiger partial charge in [0.2, 0.25) is 5.82 Å². The number of nitrogens with one attached hydrogen (secondary N) is 1. The monoisotopic (exact) mass is 614 g/mol. The quantitative estimate of drug-likeness (QED) is 0.226. The van der Waals surface area contributed by atoms with E-state index in [4.69, 9.17) is 19.2 Å². The largest absolute Gasteiger partial charge is 0.542 e. The zero-order valence-corrected chi connectivity index (χ0v) is 23.7. The zero-order chi connectivity index (χ0) is 30.5. The van der Waals surface area contributed by atoms with E-state index in [2.05, 4.69) is 15.5 Å². The van der Waals surface area contributed by atoms with Crippen LogP contribution >= 0.6 is 11.3 Å². The van der Waals surface area contributed by atoms with Crippen molar-refractivity contribution in [2.24, 2.45) is 5.92 Å². The summed E-state index contributed by atoms with van der Waals surface area (Å²) in [6.45, 7) is 3.57. The minimum atomic E-state index is -5.19. The number of aromatic nitrogens is 2. The van der Waals surface area contributed by atoms with Gasteiger partial charge in [-0.2, -0.15) is 18.2 Å². The number of carbonyl (C=O) groups excluding carboxylic acids is 2. The number of halogens is 3. The van der Waals surface area contributed by atoms with Crippen LogP contribution in [-0.4, -0.2) is 58.5 Å². The van der Waals surface area contributed by atoms with Crippen molar-refractivity contribution in [3.05, 3.63) is 88.9 Å². The Kier molecular flexibility index (Phi) is 9.11. The molecule has 0 spiro atoms. The Morgan fingerprint density at radius 1 is 1.05 bits per heavy atom. The van der Waals surface area contributed by atoms with Gasteiger partial charge in [0.1, 0.15) is 19.1 Å². The number of benzene rings is 2. The van der Waals surface area contributed by atoms with Gasteiger partial charge in [0, 0.05) is 34.9 Å². The second-order valence-electron chi connectivity index (χ2n) is 10.6. The molecule has 5 heterocycles. The number of fused-ring (bicyclic) bond motifs is 3. The van der Waals surface area contributed by atoms with Crippen LogP contribution < -0.4 is 10.4 Å². The van der Waals surface area contributed by atoms with Gasteiger partial charge in [-0.1, -0.05) is 47.6 Å². The van der Waals surface area contributed by atoms with E-state index in [9.17, 15) is 18.0 Å². The maximum absolute atomic E-state index is 13.5. The molecule has 0 saturated carbocycles. The van der Waals surface area contributed by atoms with E-state index in [1.165, 1.54) is 0 Å². The lowest BCUT2D eigenvalue weighted by atomic mass is 9.83. The second kappa shape index (κ2) is 13.0. The normalized spacial score (nSPS) is 21.7. The number of carboxylic acid groups (broad SMARTS) is 1. The number of alkyl halides is 3. The highest BCUT2D eigenvalue weighted by atomic mass is 32.1. The van der Waals surface area contributed by atoms with E-state index in [0.29, 0.717) is 24.2 Å². The third kappa shape index (κ3) is 7.59. The summed E-state index contributed by atoms with van der Waals surface area (Å²) < 4.78 is 44.2. The summed E-state index contributed by atoms with van der Waals surface area (Å²) in [6, 6.07) is 23.1. The maximum Gasteiger partial charge on any atom is 0.430 e. The molecule has 3 aliphatic rings. The predicted octanol–water partition coefficient (Wildman–Crippen LogP) is 4.60. The van der Waals surface area contributed by atoms with Crippen LogP contribution in [0.25, 0.3) is 11.5 Å². The van der Waals surface area contributed by atoms with Gasteiger partial charge in [-0.3, -0.25) is 0 Å². The summed E-state index contributed by atoms with van der Waals surface area (Å²) in [5.74, 6) is -1.57. The molecule has 0 amide bonds. The third-order valence-electron chi connectivity index (χ3n) is 7.65. The number of para-hydroxylation sites is 1. The highest BCUT2D eigenvalue weighted by molar-refractivity contribution is 7.10. The smallest absolute Gasteiger partial charge is 0.430 e. The average Bonchev–Trinajstić information content (AvgIpc) is 3.70. The number of piperidine rings is 3. The van der Waals surface area contributed by atoms with E-state index >= 15 is 0 Å². The van der Waals surface area contributed by atoms with Crippen LogP contribution in [0.1, 0.15) is 29.6 Å². The first-order chi connectivity index (χ1) is 20.6. The van der Waals surface area contributed by atoms with Crippen LogP contribution in [0.5, 0.6) is 0 Å². The molecular weight excluding hydrogens is 585 g/mol. The number of esters is 1. The fourth-order valence-electron chi connectivity index (χ4n) is 5.51. The second-order valence-corrected chi connectivity index (χ2v) is 11.5. The SMILES string of the molecule is O=C(O[C@H]1C[N+]2(Cc3noc(-c4ccccc4)n3)CCC1CC2)C(Nc1ccccc1)c1cccs1.O=C([O-])C(F)(F)F. The van der Waals surface area contributed by atoms with Gasteiger partial charge in [-0.25, -0.2) is 4.79 Å². The molecule has 2 aromatic heterocycles. The van der Waals surface area contributed by atoms with Crippen molar-refractivity contribution in [1.29, 1.82) is 0 Å². The van der Waals surface area contributed by atoms with E-state index in [1.807, 2.05) is 78.2 Å². The summed E-state index contributed by atoms with van der Waals surface area (Å²) in [6.07, 6.45) is -3.23. The summed E-state index contributed by atoms with van der Waals surface area (Å²) in [4.78, 5) is 27.9. The number of quaternary nitrogens is 1. The molecule has 2 atom stereocenters. The molecule has 4 aromatic rings. The fourth-order valence-corrected chi connectivity index (χ4v) is 6.28. The molecule has 9 nitrogen and oxygen atoms in total. The average molecular weight is 615 g/mol. The van der Waals surface area contributed by atoms with E-state index in [1.54, 1.807) is 11.3 Å². The fraction of sp³-hybridized carbons (Fsp3) is 0.333. The van der Waals surface area contributed by atoms with Crippen molar-refractivity contribution in [1.82, 2.24) is 10.1 Å². The van der Waals surface area contributed by atoms with E-state index < -0.39 is 18.2 Å². The molecular formula is C30H29F3N4O5S. The summed E-state index contributed by atoms with van der Waals surface area (Å²) in [5.41, 5.74) is 1.82. The zero-order valence-electron chi connectivity index (χ0n) is 22.9. The molecule has 2 bridgehead atoms. The first-order valence-electron chi connectivity index (χ1n) is 13.7. The van der Waals surface area contributed by atoms with Gasteiger partial charge in [-0.15, -0.1) is 11.3 Å². The van der Waals surface area contributed by atoms with Crippen LogP contribution in [0.15, 0.2) is 82.7 Å². The van der Waals surface area contributed by atoms with Gasteiger partial charge in [0.25, 0.3) is 5.89 Å². The molecule has 7 rings (SSSR count). The van der Waals surface area contributed by atoms with Crippen molar-refractivity contribution >= 4 is 29.0 Å². The molecule has 13 heteroatoms. The number of anilines is 1. The van der Waals surface area contributed by atoms with Crippen molar-refractivity contribution < 1.29 is 41.6 Å². The van der Waals surface area contributed by atoms with Gasteiger partial charge in [0.15, 0.2) is 12.1 Å². The number of rotatable bonds is 8. The molecule has 226 valence electrons. The number of hydrogen-bond acceptors (Lipinski definition) is 9. The molecule has 2 aromatic carbocycles. The molecule has 1 N–H and O–H groups in total. The predicted molar refractivity (Wildman–Crippen MR) is 149 cm³/mol. The lowest BCUT2D eigenvalue weighted by Crippen LogP contribution is -2.64. The molecule has 0 aliphatic carbocycles. The van der Waals surface area contributed by atoms with Gasteiger partial charge < -0.3 is 29.0 Å². The van der Waals surface area contributed by atoms with Crippen molar-refractivity contribution in [2.45, 2.75) is 37.7 Å². The maximum atomic E-state index is 13.5. The Bertz CT molecular complexity index is 1490. The van der Waals surface area contributed by atoms with Crippen molar-refractivity contribution in [3.63, 3.8) is 0 Å². The summed E-state index contributed by atoms with van der Waals surface area (Å²) >= 11 is 1.56. The molecule has 3 aliphatic heterocycles. The topological polar surface area (TPSA) is 117 Å². The standard InChI is InChI=1S/C28H29N4O3S.C2HF3O2/c33-28(26(24-12-7-17-36-24)29-22-10-5-2-6-11-22)34-23-18-32(15-13-20(23)14-16-32)19-25-30-27(35-31-25)21-8-3-1-4-9-21;3-2(4,5)1(6)7/h1-12,17,20,23,26,29H,13-16,18-19H2;(H,6,7)/q+1;/p-1/t20?,23-,26?,32?;/m0./s1. The Hall–Kier alpha value is -4.23. The lowest BCUT2D eigenvalue weighted by Gasteiger charge is -2.51. The van der Waals surface area contributed by atoms with Crippen LogP contribution in [0.2, 0.25) is 0 Å². The first-order valence-corrected chi connectivity index (χ1v) is 14.6. The lowest BCUT2D eigenvalue weighted by molar-refractivity contribution is -0.958. The van der Waals surface area contributed by atoms with Gasteiger partial charge in [0.05, 0.1) is 13.1 Å². The van der Waals surface area contributed by atoms with Crippen LogP contribution in [-0.2, 0) is 20.9 Å². The summed E-state index contributed by atoms with van der Waals surface area (Å²) in [5, 5.41) is 18.4. The Balaban J connectivity index is 0.000000472. The molecule has 0 radical (unpaired) electrons. The van der Waals surface area contributed by atoms with Crippen LogP contribution in [0.3, 0.4) is 0 Å². The summed E-state index contributed by atoms with van der Waals surface area (Å²) in [7, 11) is 0. The van der Waals surface area contributed by atoms with Gasteiger partial charge >= 0.3 is 12.1 Å². The molecule has 3 fully saturated rings. The van der Waals surface area contributed by atoms with Crippen molar-refractivity contribution in [3.8, 4) is 11.5 Å². The number of aliphatic carboxylic acids is 1. The van der Waals surface area contributed by atoms with Crippen LogP contribution in [0, 0.1) is 5.92 Å². The number of thiophene rings is 1. The number of carbonyl (C=O) groups is 2.